The fourth-order valence-electron chi connectivity index (χ4n) is 3.30. The van der Waals surface area contributed by atoms with Crippen LogP contribution in [0.1, 0.15) is 43.5 Å². The average molecular weight is 292 g/mol. The molecule has 4 nitrogen and oxygen atoms in total. The van der Waals surface area contributed by atoms with Gasteiger partial charge in [0.05, 0.1) is 26.9 Å². The Labute approximate surface area is 126 Å². The number of methoxy groups -OCH3 is 3. The van der Waals surface area contributed by atoms with E-state index in [0.29, 0.717) is 22.8 Å². The monoisotopic (exact) mass is 292 g/mol. The van der Waals surface area contributed by atoms with Crippen LogP contribution in [0.4, 0.5) is 0 Å². The van der Waals surface area contributed by atoms with Crippen molar-refractivity contribution in [1.82, 2.24) is 0 Å². The first-order valence-corrected chi connectivity index (χ1v) is 7.29. The van der Waals surface area contributed by atoms with Gasteiger partial charge in [-0.2, -0.15) is 0 Å². The number of ketones is 1. The van der Waals surface area contributed by atoms with E-state index in [2.05, 4.69) is 13.8 Å². The van der Waals surface area contributed by atoms with Gasteiger partial charge >= 0.3 is 0 Å². The number of benzene rings is 1. The van der Waals surface area contributed by atoms with E-state index in [4.69, 9.17) is 14.2 Å². The third kappa shape index (κ3) is 2.71. The summed E-state index contributed by atoms with van der Waals surface area (Å²) in [7, 11) is 4.67. The lowest BCUT2D eigenvalue weighted by atomic mass is 9.77. The van der Waals surface area contributed by atoms with Crippen LogP contribution in [0.25, 0.3) is 0 Å². The highest BCUT2D eigenvalue weighted by Crippen LogP contribution is 2.47. The van der Waals surface area contributed by atoms with E-state index < -0.39 is 0 Å². The quantitative estimate of drug-likeness (QED) is 0.776. The summed E-state index contributed by atoms with van der Waals surface area (Å²) in [5.74, 6) is 1.67. The average Bonchev–Trinajstić information content (AvgIpc) is 2.83. The number of Topliss-reactive ketones (excluding diaryl/α,β-unsaturated/α-hetero) is 1. The Morgan fingerprint density at radius 3 is 2.24 bits per heavy atom. The lowest BCUT2D eigenvalue weighted by molar-refractivity contribution is 0.0835. The number of rotatable bonds is 5. The molecule has 0 radical (unpaired) electrons. The minimum absolute atomic E-state index is 0.0319. The number of hydrogen-bond acceptors (Lipinski definition) is 4. The van der Waals surface area contributed by atoms with Gasteiger partial charge in [-0.25, -0.2) is 0 Å². The molecular weight excluding hydrogens is 268 g/mol. The van der Waals surface area contributed by atoms with E-state index in [9.17, 15) is 4.79 Å². The van der Waals surface area contributed by atoms with Gasteiger partial charge in [-0.1, -0.05) is 20.3 Å². The summed E-state index contributed by atoms with van der Waals surface area (Å²) >= 11 is 0. The minimum atomic E-state index is 0.0319. The Kier molecular flexibility index (Phi) is 4.45. The summed E-state index contributed by atoms with van der Waals surface area (Å²) in [5.41, 5.74) is 0.616. The third-order valence-corrected chi connectivity index (χ3v) is 4.54. The Hall–Kier alpha value is -1.71. The normalized spacial score (nSPS) is 20.1. The van der Waals surface area contributed by atoms with Gasteiger partial charge in [0.25, 0.3) is 0 Å². The van der Waals surface area contributed by atoms with Crippen molar-refractivity contribution in [3.63, 3.8) is 0 Å². The van der Waals surface area contributed by atoms with Crippen LogP contribution in [0.15, 0.2) is 12.1 Å². The van der Waals surface area contributed by atoms with Gasteiger partial charge in [0.1, 0.15) is 0 Å². The van der Waals surface area contributed by atoms with Crippen LogP contribution in [0, 0.1) is 11.3 Å². The van der Waals surface area contributed by atoms with Gasteiger partial charge in [-0.3, -0.25) is 4.79 Å². The first-order valence-electron chi connectivity index (χ1n) is 7.29. The molecule has 21 heavy (non-hydrogen) atoms. The minimum Gasteiger partial charge on any atom is -0.493 e. The van der Waals surface area contributed by atoms with Crippen LogP contribution >= 0.6 is 0 Å². The molecule has 0 aliphatic heterocycles. The van der Waals surface area contributed by atoms with E-state index in [1.165, 1.54) is 0 Å². The molecule has 0 saturated heterocycles. The lowest BCUT2D eigenvalue weighted by Gasteiger charge is -2.26. The van der Waals surface area contributed by atoms with Crippen LogP contribution in [0.5, 0.6) is 17.2 Å². The Bertz CT molecular complexity index is 534. The van der Waals surface area contributed by atoms with E-state index >= 15 is 0 Å². The van der Waals surface area contributed by atoms with Gasteiger partial charge in [0.15, 0.2) is 17.3 Å². The van der Waals surface area contributed by atoms with Crippen molar-refractivity contribution in [3.05, 3.63) is 17.7 Å². The molecule has 1 aromatic rings. The Morgan fingerprint density at radius 1 is 1.10 bits per heavy atom. The summed E-state index contributed by atoms with van der Waals surface area (Å²) in [6, 6.07) is 3.54. The highest BCUT2D eigenvalue weighted by molar-refractivity contribution is 6.02. The molecule has 1 atom stereocenters. The van der Waals surface area contributed by atoms with Gasteiger partial charge in [-0.15, -0.1) is 0 Å². The molecule has 2 rings (SSSR count). The molecule has 1 aromatic carbocycles. The molecule has 1 saturated carbocycles. The van der Waals surface area contributed by atoms with Gasteiger partial charge < -0.3 is 14.2 Å². The molecular formula is C17H24O4. The lowest BCUT2D eigenvalue weighted by Crippen LogP contribution is -2.26. The standard InChI is InChI=1S/C17H24O4/c1-17(2)10-6-7-12(17)14(18)11-8-9-13(19-3)16(21-5)15(11)20-4/h8-9,12H,6-7,10H2,1-5H3. The molecule has 1 aliphatic carbocycles. The van der Waals surface area contributed by atoms with Crippen molar-refractivity contribution in [3.8, 4) is 17.2 Å². The molecule has 1 aliphatic rings. The topological polar surface area (TPSA) is 44.8 Å². The summed E-state index contributed by atoms with van der Waals surface area (Å²) < 4.78 is 16.1. The Balaban J connectivity index is 2.46. The fourth-order valence-corrected chi connectivity index (χ4v) is 3.30. The molecule has 0 spiro atoms. The van der Waals surface area contributed by atoms with E-state index in [0.717, 1.165) is 19.3 Å². The summed E-state index contributed by atoms with van der Waals surface area (Å²) in [6.07, 6.45) is 3.11. The zero-order valence-corrected chi connectivity index (χ0v) is 13.5. The number of hydrogen-bond donors (Lipinski definition) is 0. The highest BCUT2D eigenvalue weighted by atomic mass is 16.5. The second-order valence-electron chi connectivity index (χ2n) is 6.18. The molecule has 0 amide bonds. The van der Waals surface area contributed by atoms with E-state index in [1.54, 1.807) is 33.5 Å². The van der Waals surface area contributed by atoms with Crippen molar-refractivity contribution < 1.29 is 19.0 Å². The number of ether oxygens (including phenoxy) is 3. The molecule has 116 valence electrons. The van der Waals surface area contributed by atoms with Crippen molar-refractivity contribution in [2.75, 3.05) is 21.3 Å². The fraction of sp³-hybridized carbons (Fsp3) is 0.588. The first kappa shape index (κ1) is 15.7. The zero-order chi connectivity index (χ0) is 15.6. The van der Waals surface area contributed by atoms with E-state index in [1.807, 2.05) is 0 Å². The van der Waals surface area contributed by atoms with Crippen molar-refractivity contribution in [2.24, 2.45) is 11.3 Å². The molecule has 0 heterocycles. The largest absolute Gasteiger partial charge is 0.493 e. The number of carbonyl (C=O) groups is 1. The first-order chi connectivity index (χ1) is 9.96. The predicted octanol–water partition coefficient (Wildman–Crippen LogP) is 3.72. The van der Waals surface area contributed by atoms with Gasteiger partial charge in [0, 0.05) is 5.92 Å². The summed E-state index contributed by atoms with van der Waals surface area (Å²) in [5, 5.41) is 0. The SMILES string of the molecule is COc1ccc(C(=O)C2CCCC2(C)C)c(OC)c1OC. The molecule has 0 aromatic heterocycles. The third-order valence-electron chi connectivity index (χ3n) is 4.54. The van der Waals surface area contributed by atoms with Gasteiger partial charge in [0.2, 0.25) is 5.75 Å². The highest BCUT2D eigenvalue weighted by Gasteiger charge is 2.40. The molecule has 4 heteroatoms. The van der Waals surface area contributed by atoms with Crippen molar-refractivity contribution in [1.29, 1.82) is 0 Å². The van der Waals surface area contributed by atoms with Gasteiger partial charge in [-0.05, 0) is 30.4 Å². The molecule has 0 bridgehead atoms. The van der Waals surface area contributed by atoms with Crippen LogP contribution in [0.3, 0.4) is 0 Å². The maximum Gasteiger partial charge on any atom is 0.204 e. The second-order valence-corrected chi connectivity index (χ2v) is 6.18. The van der Waals surface area contributed by atoms with Crippen LogP contribution in [-0.2, 0) is 0 Å². The van der Waals surface area contributed by atoms with Crippen LogP contribution in [0.2, 0.25) is 0 Å². The molecule has 1 fully saturated rings. The Morgan fingerprint density at radius 2 is 1.76 bits per heavy atom. The van der Waals surface area contributed by atoms with Crippen molar-refractivity contribution >= 4 is 5.78 Å². The maximum absolute atomic E-state index is 12.9. The van der Waals surface area contributed by atoms with E-state index in [-0.39, 0.29) is 17.1 Å². The van der Waals surface area contributed by atoms with Crippen LogP contribution < -0.4 is 14.2 Å². The summed E-state index contributed by atoms with van der Waals surface area (Å²) in [6.45, 7) is 4.32. The maximum atomic E-state index is 12.9. The number of carbonyl (C=O) groups excluding carboxylic acids is 1. The zero-order valence-electron chi connectivity index (χ0n) is 13.5. The van der Waals surface area contributed by atoms with Crippen LogP contribution in [-0.4, -0.2) is 27.1 Å². The smallest absolute Gasteiger partial charge is 0.204 e. The molecule has 1 unspecified atom stereocenters. The predicted molar refractivity (Wildman–Crippen MR) is 81.6 cm³/mol. The summed E-state index contributed by atoms with van der Waals surface area (Å²) in [4.78, 5) is 12.9. The molecule has 0 N–H and O–H groups in total. The second kappa shape index (κ2) is 5.96. The van der Waals surface area contributed by atoms with Crippen molar-refractivity contribution in [2.45, 2.75) is 33.1 Å².